The Balaban J connectivity index is 0. The van der Waals surface area contributed by atoms with E-state index in [4.69, 9.17) is 13.0 Å². The second-order valence-electron chi connectivity index (χ2n) is 1.10. The van der Waals surface area contributed by atoms with Gasteiger partial charge in [-0.15, -0.1) is 0 Å². The zero-order valence-corrected chi connectivity index (χ0v) is 7.81. The Morgan fingerprint density at radius 3 is 1.55 bits per heavy atom. The van der Waals surface area contributed by atoms with Gasteiger partial charge in [0.1, 0.15) is 0 Å². The molecule has 0 atom stereocenters. The molecular weight excluding hydrogens is 225 g/mol. The lowest BCUT2D eigenvalue weighted by Crippen LogP contribution is -2.21. The van der Waals surface area contributed by atoms with Crippen LogP contribution in [0.4, 0.5) is 13.2 Å². The van der Waals surface area contributed by atoms with Crippen LogP contribution >= 0.6 is 10.8 Å². The van der Waals surface area contributed by atoms with Gasteiger partial charge in [0.25, 0.3) is 0 Å². The lowest BCUT2D eigenvalue weighted by Gasteiger charge is -2.08. The van der Waals surface area contributed by atoms with E-state index in [1.807, 2.05) is 6.26 Å². The molecule has 0 rings (SSSR count). The van der Waals surface area contributed by atoms with Gasteiger partial charge in [0.05, 0.1) is 10.8 Å². The Labute approximate surface area is 70.9 Å². The maximum absolute atomic E-state index is 10.7. The number of hydrogen-bond donors (Lipinski definition) is 0. The third-order valence-corrected chi connectivity index (χ3v) is 0.850. The molecular formula is C2H5F3O3S3. The van der Waals surface area contributed by atoms with Crippen molar-refractivity contribution in [1.29, 1.82) is 0 Å². The van der Waals surface area contributed by atoms with Gasteiger partial charge in [-0.05, 0) is 0 Å². The third kappa shape index (κ3) is 8.30. The van der Waals surface area contributed by atoms with Crippen LogP contribution in [0.25, 0.3) is 0 Å². The van der Waals surface area contributed by atoms with Gasteiger partial charge in [-0.3, -0.25) is 0 Å². The highest BCUT2D eigenvalue weighted by Crippen LogP contribution is 2.20. The third-order valence-electron chi connectivity index (χ3n) is 0.283. The molecule has 0 aliphatic carbocycles. The van der Waals surface area contributed by atoms with Crippen molar-refractivity contribution in [2.75, 3.05) is 6.26 Å². The van der Waals surface area contributed by atoms with E-state index in [2.05, 4.69) is 11.7 Å². The lowest BCUT2D eigenvalue weighted by molar-refractivity contribution is -0.0517. The molecule has 0 spiro atoms. The van der Waals surface area contributed by atoms with Crippen molar-refractivity contribution in [2.45, 2.75) is 5.51 Å². The zero-order chi connectivity index (χ0) is 9.71. The minimum Gasteiger partial charge on any atom is -0.741 e. The Bertz CT molecular complexity index is 182. The Morgan fingerprint density at radius 2 is 1.55 bits per heavy atom. The number of rotatable bonds is 0. The molecule has 0 unspecified atom stereocenters. The monoisotopic (exact) mass is 230 g/mol. The lowest BCUT2D eigenvalue weighted by atomic mass is 11.6. The second kappa shape index (κ2) is 5.12. The number of alkyl halides is 3. The molecule has 0 fully saturated rings. The van der Waals surface area contributed by atoms with E-state index in [1.165, 1.54) is 0 Å². The van der Waals surface area contributed by atoms with Crippen LogP contribution in [0.5, 0.6) is 0 Å². The van der Waals surface area contributed by atoms with Gasteiger partial charge in [0.15, 0.2) is 10.1 Å². The Hall–Kier alpha value is 0.400. The first-order valence-corrected chi connectivity index (χ1v) is 5.74. The molecule has 0 bridgehead atoms. The van der Waals surface area contributed by atoms with Gasteiger partial charge < -0.3 is 4.55 Å². The van der Waals surface area contributed by atoms with E-state index in [1.54, 1.807) is 10.8 Å². The van der Waals surface area contributed by atoms with Crippen molar-refractivity contribution in [3.8, 4) is 0 Å². The number of halogens is 3. The van der Waals surface area contributed by atoms with Gasteiger partial charge >= 0.3 is 5.51 Å². The second-order valence-corrected chi connectivity index (χ2v) is 4.11. The molecule has 0 saturated heterocycles. The van der Waals surface area contributed by atoms with Gasteiger partial charge in [0, 0.05) is 17.9 Å². The van der Waals surface area contributed by atoms with Crippen LogP contribution in [0.2, 0.25) is 0 Å². The normalized spacial score (nSPS) is 11.8. The summed E-state index contributed by atoms with van der Waals surface area (Å²) in [7, 11) is -4.53. The largest absolute Gasteiger partial charge is 0.741 e. The van der Waals surface area contributed by atoms with E-state index in [9.17, 15) is 13.2 Å². The molecule has 0 heterocycles. The molecule has 0 aliphatic rings. The highest BCUT2D eigenvalue weighted by Gasteiger charge is 2.36. The summed E-state index contributed by atoms with van der Waals surface area (Å²) in [6.45, 7) is 0. The average molecular weight is 230 g/mol. The molecule has 0 radical (unpaired) electrons. The van der Waals surface area contributed by atoms with Crippen LogP contribution in [0, 0.1) is 0 Å². The highest BCUT2D eigenvalue weighted by molar-refractivity contribution is 8.58. The van der Waals surface area contributed by atoms with Crippen molar-refractivity contribution in [1.82, 2.24) is 0 Å². The summed E-state index contributed by atoms with van der Waals surface area (Å²) >= 11 is 3.10. The van der Waals surface area contributed by atoms with Crippen LogP contribution in [0.15, 0.2) is 0 Å². The minimum absolute atomic E-state index is 1.56. The van der Waals surface area contributed by atoms with E-state index in [0.29, 0.717) is 0 Å². The average Bonchev–Trinajstić information content (AvgIpc) is 1.60. The van der Waals surface area contributed by atoms with Crippen LogP contribution in [0.3, 0.4) is 0 Å². The van der Waals surface area contributed by atoms with Crippen molar-refractivity contribution >= 4 is 32.6 Å². The van der Waals surface area contributed by atoms with Crippen molar-refractivity contribution in [3.63, 3.8) is 0 Å². The fourth-order valence-electron chi connectivity index (χ4n) is 0. The van der Waals surface area contributed by atoms with Crippen LogP contribution < -0.4 is 0 Å². The summed E-state index contributed by atoms with van der Waals surface area (Å²) in [5.41, 5.74) is -5.65. The van der Waals surface area contributed by atoms with Crippen molar-refractivity contribution < 1.29 is 26.1 Å². The van der Waals surface area contributed by atoms with Gasteiger partial charge in [-0.1, -0.05) is 0 Å². The van der Waals surface area contributed by atoms with Gasteiger partial charge in [-0.2, -0.15) is 13.2 Å². The summed E-state index contributed by atoms with van der Waals surface area (Å²) in [5, 5.41) is 0. The molecule has 0 aromatic rings. The summed E-state index contributed by atoms with van der Waals surface area (Å²) < 4.78 is 58.9. The first-order chi connectivity index (χ1) is 4.66. The predicted octanol–water partition coefficient (Wildman–Crippen LogP) is 0.327. The quantitative estimate of drug-likeness (QED) is 0.260. The topological polar surface area (TPSA) is 57.2 Å². The van der Waals surface area contributed by atoms with Gasteiger partial charge in [-0.25, -0.2) is 8.42 Å². The molecule has 0 amide bonds. The maximum atomic E-state index is 10.7. The summed E-state index contributed by atoms with van der Waals surface area (Å²) in [5.74, 6) is 0. The van der Waals surface area contributed by atoms with Crippen LogP contribution in [-0.2, 0) is 21.8 Å². The first-order valence-electron chi connectivity index (χ1n) is 1.88. The predicted molar refractivity (Wildman–Crippen MR) is 39.4 cm³/mol. The van der Waals surface area contributed by atoms with Gasteiger partial charge in [0.2, 0.25) is 0 Å². The molecule has 11 heavy (non-hydrogen) atoms. The molecule has 9 heteroatoms. The van der Waals surface area contributed by atoms with Crippen LogP contribution in [0.1, 0.15) is 0 Å². The first kappa shape index (κ1) is 14.0. The van der Waals surface area contributed by atoms with E-state index >= 15 is 0 Å². The molecule has 0 aromatic carbocycles. The summed E-state index contributed by atoms with van der Waals surface area (Å²) in [6.07, 6.45) is 1.96. The van der Waals surface area contributed by atoms with E-state index in [0.717, 1.165) is 0 Å². The van der Waals surface area contributed by atoms with Crippen molar-refractivity contribution in [3.05, 3.63) is 0 Å². The molecule has 0 saturated carbocycles. The van der Waals surface area contributed by atoms with E-state index < -0.39 is 15.6 Å². The molecule has 70 valence electrons. The molecule has 0 aromatic heterocycles. The Kier molecular flexibility index (Phi) is 6.49. The zero-order valence-electron chi connectivity index (χ0n) is 5.18. The smallest absolute Gasteiger partial charge is 0.485 e. The molecule has 0 N–H and O–H groups in total. The van der Waals surface area contributed by atoms with Crippen molar-refractivity contribution in [2.24, 2.45) is 0 Å². The standard InChI is InChI=1S/CHF3O3S.CH4S2/c2-1(3,4)8(5,6)7;1-3-2/h(H,5,6,7);2H,1H3. The maximum Gasteiger partial charge on any atom is 0.485 e. The minimum atomic E-state index is -6.09. The van der Waals surface area contributed by atoms with E-state index in [-0.39, 0.29) is 0 Å². The SMILES string of the molecule is CS[SH2+].O=S(=O)([O-])C(F)(F)F. The Morgan fingerprint density at radius 1 is 1.45 bits per heavy atom. The molecule has 0 aliphatic heterocycles. The van der Waals surface area contributed by atoms with Crippen LogP contribution in [-0.4, -0.2) is 24.7 Å². The fourth-order valence-corrected chi connectivity index (χ4v) is 0. The molecule has 3 nitrogen and oxygen atoms in total. The summed E-state index contributed by atoms with van der Waals surface area (Å²) in [4.78, 5) is 0. The highest BCUT2D eigenvalue weighted by atomic mass is 33.1. The fraction of sp³-hybridized carbons (Fsp3) is 1.00. The number of hydrogen-bond acceptors (Lipinski definition) is 4. The summed E-state index contributed by atoms with van der Waals surface area (Å²) in [6, 6.07) is 0.